The Morgan fingerprint density at radius 2 is 2.06 bits per heavy atom. The predicted molar refractivity (Wildman–Crippen MR) is 65.7 cm³/mol. The molecule has 2 heterocycles. The zero-order chi connectivity index (χ0) is 11.5. The SMILES string of the molecule is CC(C)N1CCC(c2cc(Cl)cnn2)CC1. The molecule has 0 bridgehead atoms. The molecule has 0 aromatic carbocycles. The Kier molecular flexibility index (Phi) is 3.77. The van der Waals surface area contributed by atoms with E-state index in [1.54, 1.807) is 6.20 Å². The van der Waals surface area contributed by atoms with Crippen LogP contribution in [0.1, 0.15) is 38.3 Å². The van der Waals surface area contributed by atoms with Crippen molar-refractivity contribution in [3.63, 3.8) is 0 Å². The Balaban J connectivity index is 1.99. The summed E-state index contributed by atoms with van der Waals surface area (Å²) in [4.78, 5) is 2.51. The summed E-state index contributed by atoms with van der Waals surface area (Å²) in [5.74, 6) is 0.529. The second kappa shape index (κ2) is 5.11. The van der Waals surface area contributed by atoms with Crippen LogP contribution in [0.15, 0.2) is 12.3 Å². The maximum atomic E-state index is 5.93. The van der Waals surface area contributed by atoms with Crippen molar-refractivity contribution in [1.82, 2.24) is 15.1 Å². The van der Waals surface area contributed by atoms with Crippen LogP contribution in [0.3, 0.4) is 0 Å². The van der Waals surface area contributed by atoms with Gasteiger partial charge in [0.1, 0.15) is 0 Å². The molecule has 3 nitrogen and oxygen atoms in total. The fourth-order valence-corrected chi connectivity index (χ4v) is 2.42. The van der Waals surface area contributed by atoms with Gasteiger partial charge in [0.2, 0.25) is 0 Å². The fourth-order valence-electron chi connectivity index (χ4n) is 2.27. The largest absolute Gasteiger partial charge is 0.301 e. The van der Waals surface area contributed by atoms with Crippen molar-refractivity contribution in [2.45, 2.75) is 38.6 Å². The molecule has 4 heteroatoms. The number of likely N-dealkylation sites (tertiary alicyclic amines) is 1. The van der Waals surface area contributed by atoms with Crippen LogP contribution in [0, 0.1) is 0 Å². The summed E-state index contributed by atoms with van der Waals surface area (Å²) >= 11 is 5.93. The summed E-state index contributed by atoms with van der Waals surface area (Å²) < 4.78 is 0. The van der Waals surface area contributed by atoms with E-state index in [0.717, 1.165) is 31.6 Å². The first kappa shape index (κ1) is 11.8. The molecule has 16 heavy (non-hydrogen) atoms. The molecule has 1 aliphatic rings. The normalized spacial score (nSPS) is 19.2. The van der Waals surface area contributed by atoms with E-state index in [-0.39, 0.29) is 0 Å². The highest BCUT2D eigenvalue weighted by atomic mass is 35.5. The van der Waals surface area contributed by atoms with E-state index < -0.39 is 0 Å². The van der Waals surface area contributed by atoms with Crippen LogP contribution in [0.2, 0.25) is 5.02 Å². The lowest BCUT2D eigenvalue weighted by atomic mass is 9.93. The highest BCUT2D eigenvalue weighted by molar-refractivity contribution is 6.30. The second-order valence-corrected chi connectivity index (χ2v) is 5.14. The highest BCUT2D eigenvalue weighted by Crippen LogP contribution is 2.28. The summed E-state index contributed by atoms with van der Waals surface area (Å²) in [6.07, 6.45) is 3.91. The van der Waals surface area contributed by atoms with Crippen LogP contribution >= 0.6 is 11.6 Å². The minimum atomic E-state index is 0.529. The smallest absolute Gasteiger partial charge is 0.0682 e. The van der Waals surface area contributed by atoms with Crippen molar-refractivity contribution in [3.8, 4) is 0 Å². The molecule has 0 unspecified atom stereocenters. The van der Waals surface area contributed by atoms with E-state index in [1.165, 1.54) is 0 Å². The van der Waals surface area contributed by atoms with Gasteiger partial charge in [-0.15, -0.1) is 0 Å². The third kappa shape index (κ3) is 2.71. The number of halogens is 1. The molecule has 0 spiro atoms. The molecule has 0 atom stereocenters. The van der Waals surface area contributed by atoms with Gasteiger partial charge in [0.05, 0.1) is 16.9 Å². The van der Waals surface area contributed by atoms with Crippen molar-refractivity contribution in [1.29, 1.82) is 0 Å². The van der Waals surface area contributed by atoms with Crippen LogP contribution in [0.25, 0.3) is 0 Å². The maximum absolute atomic E-state index is 5.93. The standard InChI is InChI=1S/C12H18ClN3/c1-9(2)16-5-3-10(4-6-16)12-7-11(13)8-14-15-12/h7-10H,3-6H2,1-2H3. The van der Waals surface area contributed by atoms with Gasteiger partial charge in [-0.1, -0.05) is 11.6 Å². The fraction of sp³-hybridized carbons (Fsp3) is 0.667. The van der Waals surface area contributed by atoms with Gasteiger partial charge < -0.3 is 4.90 Å². The Morgan fingerprint density at radius 3 is 2.62 bits per heavy atom. The molecular weight excluding hydrogens is 222 g/mol. The van der Waals surface area contributed by atoms with Gasteiger partial charge in [0.25, 0.3) is 0 Å². The Labute approximate surface area is 102 Å². The number of hydrogen-bond donors (Lipinski definition) is 0. The van der Waals surface area contributed by atoms with Gasteiger partial charge in [0.15, 0.2) is 0 Å². The third-order valence-electron chi connectivity index (χ3n) is 3.32. The molecule has 1 aromatic heterocycles. The van der Waals surface area contributed by atoms with Crippen molar-refractivity contribution >= 4 is 11.6 Å². The van der Waals surface area contributed by atoms with E-state index in [0.29, 0.717) is 17.0 Å². The molecule has 88 valence electrons. The van der Waals surface area contributed by atoms with E-state index in [1.807, 2.05) is 6.07 Å². The van der Waals surface area contributed by atoms with Crippen molar-refractivity contribution in [2.24, 2.45) is 0 Å². The number of aromatic nitrogens is 2. The Hall–Kier alpha value is -0.670. The van der Waals surface area contributed by atoms with Crippen molar-refractivity contribution in [2.75, 3.05) is 13.1 Å². The molecule has 0 aliphatic carbocycles. The summed E-state index contributed by atoms with van der Waals surface area (Å²) in [5, 5.41) is 8.79. The number of piperidine rings is 1. The lowest BCUT2D eigenvalue weighted by Gasteiger charge is -2.34. The van der Waals surface area contributed by atoms with Gasteiger partial charge >= 0.3 is 0 Å². The van der Waals surface area contributed by atoms with Crippen LogP contribution < -0.4 is 0 Å². The zero-order valence-corrected chi connectivity index (χ0v) is 10.6. The van der Waals surface area contributed by atoms with E-state index in [9.17, 15) is 0 Å². The summed E-state index contributed by atoms with van der Waals surface area (Å²) in [6.45, 7) is 6.80. The maximum Gasteiger partial charge on any atom is 0.0682 e. The third-order valence-corrected chi connectivity index (χ3v) is 3.52. The molecule has 1 aliphatic heterocycles. The first-order chi connectivity index (χ1) is 7.66. The molecular formula is C12H18ClN3. The Morgan fingerprint density at radius 1 is 1.38 bits per heavy atom. The molecule has 1 fully saturated rings. The molecule has 1 saturated heterocycles. The van der Waals surface area contributed by atoms with Crippen LogP contribution in [-0.4, -0.2) is 34.2 Å². The minimum Gasteiger partial charge on any atom is -0.301 e. The van der Waals surface area contributed by atoms with Crippen molar-refractivity contribution < 1.29 is 0 Å². The molecule has 2 rings (SSSR count). The number of hydrogen-bond acceptors (Lipinski definition) is 3. The molecule has 0 radical (unpaired) electrons. The molecule has 0 N–H and O–H groups in total. The summed E-state index contributed by atoms with van der Waals surface area (Å²) in [5.41, 5.74) is 1.05. The van der Waals surface area contributed by atoms with E-state index in [2.05, 4.69) is 28.9 Å². The Bertz CT molecular complexity index is 346. The molecule has 0 amide bonds. The van der Waals surface area contributed by atoms with E-state index in [4.69, 9.17) is 11.6 Å². The monoisotopic (exact) mass is 239 g/mol. The lowest BCUT2D eigenvalue weighted by molar-refractivity contribution is 0.170. The van der Waals surface area contributed by atoms with E-state index >= 15 is 0 Å². The first-order valence-corrected chi connectivity index (χ1v) is 6.27. The zero-order valence-electron chi connectivity index (χ0n) is 9.86. The van der Waals surface area contributed by atoms with Gasteiger partial charge in [-0.3, -0.25) is 0 Å². The quantitative estimate of drug-likeness (QED) is 0.795. The van der Waals surface area contributed by atoms with Crippen LogP contribution in [0.5, 0.6) is 0 Å². The van der Waals surface area contributed by atoms with Gasteiger partial charge in [-0.2, -0.15) is 10.2 Å². The topological polar surface area (TPSA) is 29.0 Å². The molecule has 0 saturated carbocycles. The van der Waals surface area contributed by atoms with Gasteiger partial charge in [-0.05, 0) is 45.8 Å². The summed E-state index contributed by atoms with van der Waals surface area (Å²) in [7, 11) is 0. The minimum absolute atomic E-state index is 0.529. The number of rotatable bonds is 2. The first-order valence-electron chi connectivity index (χ1n) is 5.89. The average Bonchev–Trinajstić information content (AvgIpc) is 2.29. The number of nitrogens with zero attached hydrogens (tertiary/aromatic N) is 3. The second-order valence-electron chi connectivity index (χ2n) is 4.70. The molecule has 1 aromatic rings. The summed E-state index contributed by atoms with van der Waals surface area (Å²) in [6, 6.07) is 2.59. The van der Waals surface area contributed by atoms with Crippen LogP contribution in [-0.2, 0) is 0 Å². The highest BCUT2D eigenvalue weighted by Gasteiger charge is 2.23. The predicted octanol–water partition coefficient (Wildman–Crippen LogP) is 2.72. The van der Waals surface area contributed by atoms with Gasteiger partial charge in [-0.25, -0.2) is 0 Å². The average molecular weight is 240 g/mol. The van der Waals surface area contributed by atoms with Gasteiger partial charge in [0, 0.05) is 12.0 Å². The van der Waals surface area contributed by atoms with Crippen LogP contribution in [0.4, 0.5) is 0 Å². The van der Waals surface area contributed by atoms with Crippen molar-refractivity contribution in [3.05, 3.63) is 23.0 Å². The lowest BCUT2D eigenvalue weighted by Crippen LogP contribution is -2.38.